The first-order chi connectivity index (χ1) is 11.6. The van der Waals surface area contributed by atoms with Crippen LogP contribution >= 0.6 is 11.3 Å². The van der Waals surface area contributed by atoms with Crippen molar-refractivity contribution in [3.05, 3.63) is 46.2 Å². The Bertz CT molecular complexity index is 658. The van der Waals surface area contributed by atoms with E-state index in [2.05, 4.69) is 5.32 Å². The van der Waals surface area contributed by atoms with Gasteiger partial charge in [-0.05, 0) is 31.4 Å². The molecule has 0 saturated heterocycles. The molecule has 0 saturated carbocycles. The lowest BCUT2D eigenvalue weighted by Gasteiger charge is -2.22. The number of nitrogens with one attached hydrogen (secondary N) is 1. The number of urea groups is 1. The van der Waals surface area contributed by atoms with Gasteiger partial charge in [0.15, 0.2) is 11.5 Å². The zero-order valence-corrected chi connectivity index (χ0v) is 15.4. The lowest BCUT2D eigenvalue weighted by atomic mass is 10.1. The van der Waals surface area contributed by atoms with Gasteiger partial charge in [0.1, 0.15) is 0 Å². The molecule has 0 aliphatic carbocycles. The fourth-order valence-electron chi connectivity index (χ4n) is 2.39. The number of nitrogens with zero attached hydrogens (tertiary/aromatic N) is 1. The zero-order chi connectivity index (χ0) is 17.5. The average molecular weight is 348 g/mol. The summed E-state index contributed by atoms with van der Waals surface area (Å²) in [7, 11) is 3.38. The smallest absolute Gasteiger partial charge is 0.317 e. The topological polar surface area (TPSA) is 50.8 Å². The Morgan fingerprint density at radius 3 is 2.75 bits per heavy atom. The van der Waals surface area contributed by atoms with Gasteiger partial charge >= 0.3 is 6.03 Å². The minimum atomic E-state index is -0.124. The van der Waals surface area contributed by atoms with Crippen LogP contribution in [-0.4, -0.2) is 31.7 Å². The first-order valence-electron chi connectivity index (χ1n) is 7.90. The molecule has 1 heterocycles. The third-order valence-corrected chi connectivity index (χ3v) is 4.69. The molecule has 2 amide bonds. The summed E-state index contributed by atoms with van der Waals surface area (Å²) in [5.41, 5.74) is 0.914. The molecule has 1 N–H and O–H groups in total. The highest BCUT2D eigenvalue weighted by Gasteiger charge is 2.17. The SMILES string of the molecule is CCOc1c(CN(C)C(=O)N[C@H](C)c2cccs2)cccc1OC. The molecule has 0 fully saturated rings. The maximum atomic E-state index is 12.4. The second kappa shape index (κ2) is 8.59. The summed E-state index contributed by atoms with van der Waals surface area (Å²) < 4.78 is 11.0. The number of carbonyl (C=O) groups excluding carboxylic acids is 1. The molecule has 1 aromatic carbocycles. The normalized spacial score (nSPS) is 11.7. The monoisotopic (exact) mass is 348 g/mol. The van der Waals surface area contributed by atoms with Crippen molar-refractivity contribution < 1.29 is 14.3 Å². The Morgan fingerprint density at radius 1 is 1.33 bits per heavy atom. The van der Waals surface area contributed by atoms with Crippen molar-refractivity contribution in [1.29, 1.82) is 0 Å². The molecular formula is C18H24N2O3S. The number of benzene rings is 1. The largest absolute Gasteiger partial charge is 0.493 e. The number of methoxy groups -OCH3 is 1. The van der Waals surface area contributed by atoms with Crippen molar-refractivity contribution in [3.63, 3.8) is 0 Å². The van der Waals surface area contributed by atoms with E-state index in [1.54, 1.807) is 30.4 Å². The summed E-state index contributed by atoms with van der Waals surface area (Å²) >= 11 is 1.63. The lowest BCUT2D eigenvalue weighted by Crippen LogP contribution is -2.38. The molecule has 0 bridgehead atoms. The summed E-state index contributed by atoms with van der Waals surface area (Å²) in [6, 6.07) is 9.56. The van der Waals surface area contributed by atoms with Gasteiger partial charge in [0.25, 0.3) is 0 Å². The van der Waals surface area contributed by atoms with Crippen LogP contribution in [0.5, 0.6) is 11.5 Å². The molecule has 0 aliphatic heterocycles. The Hall–Kier alpha value is -2.21. The fourth-order valence-corrected chi connectivity index (χ4v) is 3.12. The molecule has 6 heteroatoms. The van der Waals surface area contributed by atoms with Gasteiger partial charge in [0.2, 0.25) is 0 Å². The standard InChI is InChI=1S/C18H24N2O3S/c1-5-23-17-14(8-6-9-15(17)22-4)12-20(3)18(21)19-13(2)16-10-7-11-24-16/h6-11,13H,5,12H2,1-4H3,(H,19,21)/t13-/m1/s1. The van der Waals surface area contributed by atoms with E-state index < -0.39 is 0 Å². The highest BCUT2D eigenvalue weighted by Crippen LogP contribution is 2.31. The number of thiophene rings is 1. The van der Waals surface area contributed by atoms with Crippen LogP contribution in [0.2, 0.25) is 0 Å². The summed E-state index contributed by atoms with van der Waals surface area (Å²) in [6.07, 6.45) is 0. The van der Waals surface area contributed by atoms with Gasteiger partial charge < -0.3 is 19.7 Å². The maximum absolute atomic E-state index is 12.4. The fraction of sp³-hybridized carbons (Fsp3) is 0.389. The lowest BCUT2D eigenvalue weighted by molar-refractivity contribution is 0.202. The van der Waals surface area contributed by atoms with Gasteiger partial charge in [-0.2, -0.15) is 0 Å². The van der Waals surface area contributed by atoms with E-state index >= 15 is 0 Å². The van der Waals surface area contributed by atoms with E-state index in [0.717, 1.165) is 10.4 Å². The number of carbonyl (C=O) groups is 1. The van der Waals surface area contributed by atoms with Gasteiger partial charge in [-0.15, -0.1) is 11.3 Å². The summed E-state index contributed by atoms with van der Waals surface area (Å²) in [5.74, 6) is 1.36. The summed E-state index contributed by atoms with van der Waals surface area (Å²) in [4.78, 5) is 15.2. The molecule has 5 nitrogen and oxygen atoms in total. The number of amides is 2. The van der Waals surface area contributed by atoms with Crippen molar-refractivity contribution in [2.45, 2.75) is 26.4 Å². The van der Waals surface area contributed by atoms with Crippen LogP contribution in [0.25, 0.3) is 0 Å². The van der Waals surface area contributed by atoms with E-state index in [0.29, 0.717) is 24.7 Å². The number of para-hydroxylation sites is 1. The third-order valence-electron chi connectivity index (χ3n) is 3.63. The molecular weight excluding hydrogens is 324 g/mol. The molecule has 0 spiro atoms. The van der Waals surface area contributed by atoms with E-state index in [1.807, 2.05) is 49.6 Å². The van der Waals surface area contributed by atoms with Crippen molar-refractivity contribution >= 4 is 17.4 Å². The number of ether oxygens (including phenoxy) is 2. The molecule has 1 atom stereocenters. The van der Waals surface area contributed by atoms with Gasteiger partial charge in [-0.3, -0.25) is 0 Å². The molecule has 2 aromatic rings. The number of hydrogen-bond acceptors (Lipinski definition) is 4. The van der Waals surface area contributed by atoms with Gasteiger partial charge in [0, 0.05) is 17.5 Å². The van der Waals surface area contributed by atoms with Crippen LogP contribution in [0.1, 0.15) is 30.3 Å². The Morgan fingerprint density at radius 2 is 2.12 bits per heavy atom. The summed E-state index contributed by atoms with van der Waals surface area (Å²) in [5, 5.41) is 5.01. The van der Waals surface area contributed by atoms with Crippen LogP contribution in [0.3, 0.4) is 0 Å². The molecule has 130 valence electrons. The third kappa shape index (κ3) is 4.41. The van der Waals surface area contributed by atoms with Gasteiger partial charge in [0.05, 0.1) is 26.3 Å². The van der Waals surface area contributed by atoms with Crippen LogP contribution in [-0.2, 0) is 6.54 Å². The minimum Gasteiger partial charge on any atom is -0.493 e. The Kier molecular flexibility index (Phi) is 6.49. The zero-order valence-electron chi connectivity index (χ0n) is 14.5. The van der Waals surface area contributed by atoms with Crippen molar-refractivity contribution in [2.24, 2.45) is 0 Å². The first kappa shape index (κ1) is 18.1. The van der Waals surface area contributed by atoms with Gasteiger partial charge in [-0.25, -0.2) is 4.79 Å². The number of hydrogen-bond donors (Lipinski definition) is 1. The van der Waals surface area contributed by atoms with E-state index in [-0.39, 0.29) is 12.1 Å². The molecule has 24 heavy (non-hydrogen) atoms. The highest BCUT2D eigenvalue weighted by atomic mass is 32.1. The van der Waals surface area contributed by atoms with Crippen LogP contribution in [0, 0.1) is 0 Å². The molecule has 0 unspecified atom stereocenters. The second-order valence-electron chi connectivity index (χ2n) is 5.42. The Labute approximate surface area is 147 Å². The second-order valence-corrected chi connectivity index (χ2v) is 6.40. The minimum absolute atomic E-state index is 0.0170. The number of rotatable bonds is 7. The van der Waals surface area contributed by atoms with E-state index in [1.165, 1.54) is 0 Å². The molecule has 0 aliphatic rings. The average Bonchev–Trinajstić information content (AvgIpc) is 3.11. The Balaban J connectivity index is 2.06. The predicted octanol–water partition coefficient (Wildman–Crippen LogP) is 4.06. The van der Waals surface area contributed by atoms with Crippen LogP contribution < -0.4 is 14.8 Å². The van der Waals surface area contributed by atoms with E-state index in [9.17, 15) is 4.79 Å². The van der Waals surface area contributed by atoms with E-state index in [4.69, 9.17) is 9.47 Å². The van der Waals surface area contributed by atoms with Crippen LogP contribution in [0.15, 0.2) is 35.7 Å². The molecule has 2 rings (SSSR count). The van der Waals surface area contributed by atoms with Crippen molar-refractivity contribution in [1.82, 2.24) is 10.2 Å². The molecule has 1 aromatic heterocycles. The highest BCUT2D eigenvalue weighted by molar-refractivity contribution is 7.10. The summed E-state index contributed by atoms with van der Waals surface area (Å²) in [6.45, 7) is 4.89. The quantitative estimate of drug-likeness (QED) is 0.821. The molecule has 0 radical (unpaired) electrons. The van der Waals surface area contributed by atoms with Crippen molar-refractivity contribution in [2.75, 3.05) is 20.8 Å². The van der Waals surface area contributed by atoms with Gasteiger partial charge in [-0.1, -0.05) is 18.2 Å². The first-order valence-corrected chi connectivity index (χ1v) is 8.78. The predicted molar refractivity (Wildman–Crippen MR) is 96.9 cm³/mol. The van der Waals surface area contributed by atoms with Crippen LogP contribution in [0.4, 0.5) is 4.79 Å². The van der Waals surface area contributed by atoms with Crippen molar-refractivity contribution in [3.8, 4) is 11.5 Å². The maximum Gasteiger partial charge on any atom is 0.317 e.